The van der Waals surface area contributed by atoms with Crippen LogP contribution in [0.5, 0.6) is 0 Å². The maximum atomic E-state index is 12.7. The number of carbonyl (C=O) groups is 1. The van der Waals surface area contributed by atoms with Crippen LogP contribution >= 0.6 is 11.6 Å². The summed E-state index contributed by atoms with van der Waals surface area (Å²) in [5.41, 5.74) is 2.24. The van der Waals surface area contributed by atoms with E-state index < -0.39 is 0 Å². The maximum Gasteiger partial charge on any atom is 0.248 e. The topological polar surface area (TPSA) is 29.1 Å². The molecule has 1 N–H and O–H groups in total. The molecule has 2 nitrogen and oxygen atoms in total. The lowest BCUT2D eigenvalue weighted by atomic mass is 10.2. The molecule has 0 saturated carbocycles. The fourth-order valence-electron chi connectivity index (χ4n) is 1.66. The third kappa shape index (κ3) is 3.68. The number of carbonyl (C=O) groups excluding carboxylic acids is 1. The molecular weight excluding hydrogens is 277 g/mol. The first kappa shape index (κ1) is 14.3. The van der Waals surface area contributed by atoms with Crippen molar-refractivity contribution in [2.45, 2.75) is 6.92 Å². The molecule has 0 atom stereocenters. The monoisotopic (exact) mass is 289 g/mol. The standard InChI is InChI=1S/C16H13ClFNO/c1-11-14(17)3-2-4-15(11)19-16(20)10-7-12-5-8-13(18)9-6-12/h2-10H,1H3,(H,19,20). The zero-order valence-electron chi connectivity index (χ0n) is 10.9. The molecule has 1 amide bonds. The second-order valence-electron chi connectivity index (χ2n) is 4.29. The summed E-state index contributed by atoms with van der Waals surface area (Å²) < 4.78 is 12.7. The number of anilines is 1. The minimum absolute atomic E-state index is 0.264. The molecule has 0 aliphatic rings. The highest BCUT2D eigenvalue weighted by atomic mass is 35.5. The molecule has 2 rings (SSSR count). The minimum atomic E-state index is -0.304. The maximum absolute atomic E-state index is 12.7. The van der Waals surface area contributed by atoms with Gasteiger partial charge in [-0.3, -0.25) is 4.79 Å². The number of halogens is 2. The van der Waals surface area contributed by atoms with Crippen molar-refractivity contribution in [3.05, 3.63) is 70.5 Å². The van der Waals surface area contributed by atoms with Gasteiger partial charge in [0.2, 0.25) is 5.91 Å². The lowest BCUT2D eigenvalue weighted by molar-refractivity contribution is -0.111. The average Bonchev–Trinajstić information content (AvgIpc) is 2.43. The van der Waals surface area contributed by atoms with Gasteiger partial charge in [0.15, 0.2) is 0 Å². The first-order valence-corrected chi connectivity index (χ1v) is 6.44. The van der Waals surface area contributed by atoms with Gasteiger partial charge in [-0.05, 0) is 48.4 Å². The Labute approximate surface area is 121 Å². The first-order chi connectivity index (χ1) is 9.56. The van der Waals surface area contributed by atoms with Gasteiger partial charge in [-0.25, -0.2) is 4.39 Å². The van der Waals surface area contributed by atoms with Gasteiger partial charge in [0.05, 0.1) is 0 Å². The third-order valence-corrected chi connectivity index (χ3v) is 3.23. The van der Waals surface area contributed by atoms with Crippen LogP contribution in [0.25, 0.3) is 6.08 Å². The van der Waals surface area contributed by atoms with E-state index in [1.165, 1.54) is 18.2 Å². The second-order valence-corrected chi connectivity index (χ2v) is 4.69. The highest BCUT2D eigenvalue weighted by Gasteiger charge is 2.04. The Balaban J connectivity index is 2.05. The van der Waals surface area contributed by atoms with E-state index in [0.717, 1.165) is 11.1 Å². The Morgan fingerprint density at radius 2 is 1.90 bits per heavy atom. The number of rotatable bonds is 3. The first-order valence-electron chi connectivity index (χ1n) is 6.06. The summed E-state index contributed by atoms with van der Waals surface area (Å²) in [4.78, 5) is 11.8. The summed E-state index contributed by atoms with van der Waals surface area (Å²) >= 11 is 5.98. The van der Waals surface area contributed by atoms with E-state index >= 15 is 0 Å². The molecule has 0 unspecified atom stereocenters. The normalized spacial score (nSPS) is 10.8. The molecule has 2 aromatic rings. The van der Waals surface area contributed by atoms with Crippen LogP contribution in [0.4, 0.5) is 10.1 Å². The fourth-order valence-corrected chi connectivity index (χ4v) is 1.84. The molecule has 0 aliphatic heterocycles. The quantitative estimate of drug-likeness (QED) is 0.832. The molecule has 0 aromatic heterocycles. The Bertz CT molecular complexity index is 650. The van der Waals surface area contributed by atoms with Crippen molar-refractivity contribution in [1.29, 1.82) is 0 Å². The molecule has 0 fully saturated rings. The van der Waals surface area contributed by atoms with E-state index in [-0.39, 0.29) is 11.7 Å². The molecule has 0 bridgehead atoms. The predicted molar refractivity (Wildman–Crippen MR) is 80.3 cm³/mol. The van der Waals surface area contributed by atoms with E-state index in [1.54, 1.807) is 36.4 Å². The zero-order valence-corrected chi connectivity index (χ0v) is 11.6. The SMILES string of the molecule is Cc1c(Cl)cccc1NC(=O)C=Cc1ccc(F)cc1. The molecule has 102 valence electrons. The number of nitrogens with one attached hydrogen (secondary N) is 1. The van der Waals surface area contributed by atoms with Crippen molar-refractivity contribution >= 4 is 29.3 Å². The van der Waals surface area contributed by atoms with Crippen LogP contribution in [0.15, 0.2) is 48.5 Å². The van der Waals surface area contributed by atoms with Crippen molar-refractivity contribution in [3.8, 4) is 0 Å². The van der Waals surface area contributed by atoms with E-state index in [2.05, 4.69) is 5.32 Å². The second kappa shape index (κ2) is 6.35. The highest BCUT2D eigenvalue weighted by Crippen LogP contribution is 2.22. The lowest BCUT2D eigenvalue weighted by Gasteiger charge is -2.07. The highest BCUT2D eigenvalue weighted by molar-refractivity contribution is 6.31. The van der Waals surface area contributed by atoms with Gasteiger partial charge >= 0.3 is 0 Å². The summed E-state index contributed by atoms with van der Waals surface area (Å²) in [5, 5.41) is 3.35. The lowest BCUT2D eigenvalue weighted by Crippen LogP contribution is -2.08. The molecular formula is C16H13ClFNO. The molecule has 2 aromatic carbocycles. The Morgan fingerprint density at radius 3 is 2.60 bits per heavy atom. The van der Waals surface area contributed by atoms with Gasteiger partial charge in [0.1, 0.15) is 5.82 Å². The fraction of sp³-hybridized carbons (Fsp3) is 0.0625. The molecule has 0 heterocycles. The van der Waals surface area contributed by atoms with E-state index in [0.29, 0.717) is 10.7 Å². The largest absolute Gasteiger partial charge is 0.322 e. The molecule has 0 saturated heterocycles. The van der Waals surface area contributed by atoms with Crippen LogP contribution in [0, 0.1) is 12.7 Å². The summed E-state index contributed by atoms with van der Waals surface area (Å²) in [6.45, 7) is 1.83. The number of hydrogen-bond acceptors (Lipinski definition) is 1. The van der Waals surface area contributed by atoms with E-state index in [9.17, 15) is 9.18 Å². The summed E-state index contributed by atoms with van der Waals surface area (Å²) in [6.07, 6.45) is 3.02. The molecule has 0 aliphatic carbocycles. The van der Waals surface area contributed by atoms with Gasteiger partial charge < -0.3 is 5.32 Å². The zero-order chi connectivity index (χ0) is 14.5. The Morgan fingerprint density at radius 1 is 1.20 bits per heavy atom. The van der Waals surface area contributed by atoms with Crippen molar-refractivity contribution in [2.24, 2.45) is 0 Å². The van der Waals surface area contributed by atoms with Crippen LogP contribution < -0.4 is 5.32 Å². The van der Waals surface area contributed by atoms with Crippen molar-refractivity contribution < 1.29 is 9.18 Å². The number of amides is 1. The van der Waals surface area contributed by atoms with Crippen LogP contribution in [0.1, 0.15) is 11.1 Å². The number of benzene rings is 2. The minimum Gasteiger partial charge on any atom is -0.322 e. The summed E-state index contributed by atoms with van der Waals surface area (Å²) in [7, 11) is 0. The van der Waals surface area contributed by atoms with Gasteiger partial charge in [0, 0.05) is 16.8 Å². The molecule has 4 heteroatoms. The summed E-state index contributed by atoms with van der Waals surface area (Å²) in [6, 6.07) is 11.2. The molecule has 0 radical (unpaired) electrons. The van der Waals surface area contributed by atoms with Gasteiger partial charge in [0.25, 0.3) is 0 Å². The number of hydrogen-bond donors (Lipinski definition) is 1. The molecule has 20 heavy (non-hydrogen) atoms. The molecule has 0 spiro atoms. The average molecular weight is 290 g/mol. The Kier molecular flexibility index (Phi) is 4.53. The Hall–Kier alpha value is -2.13. The summed E-state index contributed by atoms with van der Waals surface area (Å²) in [5.74, 6) is -0.569. The van der Waals surface area contributed by atoms with Crippen molar-refractivity contribution in [2.75, 3.05) is 5.32 Å². The van der Waals surface area contributed by atoms with Crippen molar-refractivity contribution in [3.63, 3.8) is 0 Å². The van der Waals surface area contributed by atoms with Gasteiger partial charge in [-0.15, -0.1) is 0 Å². The van der Waals surface area contributed by atoms with Crippen LogP contribution in [-0.2, 0) is 4.79 Å². The smallest absolute Gasteiger partial charge is 0.248 e. The van der Waals surface area contributed by atoms with E-state index in [1.807, 2.05) is 6.92 Å². The van der Waals surface area contributed by atoms with Crippen LogP contribution in [-0.4, -0.2) is 5.91 Å². The van der Waals surface area contributed by atoms with E-state index in [4.69, 9.17) is 11.6 Å². The van der Waals surface area contributed by atoms with Gasteiger partial charge in [-0.2, -0.15) is 0 Å². The predicted octanol–water partition coefficient (Wildman–Crippen LogP) is 4.44. The third-order valence-electron chi connectivity index (χ3n) is 2.82. The van der Waals surface area contributed by atoms with Crippen molar-refractivity contribution in [1.82, 2.24) is 0 Å². The van der Waals surface area contributed by atoms with Crippen LogP contribution in [0.2, 0.25) is 5.02 Å². The van der Waals surface area contributed by atoms with Gasteiger partial charge in [-0.1, -0.05) is 29.8 Å². The van der Waals surface area contributed by atoms with Crippen LogP contribution in [0.3, 0.4) is 0 Å².